The van der Waals surface area contributed by atoms with E-state index in [1.165, 1.54) is 0 Å². The minimum Gasteiger partial charge on any atom is -0.393 e. The Bertz CT molecular complexity index is 217. The van der Waals surface area contributed by atoms with Gasteiger partial charge in [-0.2, -0.15) is 5.26 Å². The quantitative estimate of drug-likeness (QED) is 0.648. The Balaban J connectivity index is 0.000000791. The van der Waals surface area contributed by atoms with Crippen LogP contribution < -0.4 is 0 Å². The molecule has 0 heterocycles. The predicted molar refractivity (Wildman–Crippen MR) is 58.7 cm³/mol. The number of aliphatic hydroxyl groups is 1. The minimum atomic E-state index is -0.318. The third kappa shape index (κ3) is 3.67. The summed E-state index contributed by atoms with van der Waals surface area (Å²) in [4.78, 5) is 0. The van der Waals surface area contributed by atoms with Crippen molar-refractivity contribution in [2.75, 3.05) is 0 Å². The molecule has 0 aromatic carbocycles. The van der Waals surface area contributed by atoms with Crippen molar-refractivity contribution in [2.24, 2.45) is 10.8 Å². The van der Waals surface area contributed by atoms with Crippen LogP contribution in [0.2, 0.25) is 0 Å². The Morgan fingerprint density at radius 2 is 1.71 bits per heavy atom. The Hall–Kier alpha value is -0.550. The molecule has 0 aromatic heterocycles. The summed E-state index contributed by atoms with van der Waals surface area (Å²) in [5.41, 5.74) is -0.205. The average molecular weight is 197 g/mol. The van der Waals surface area contributed by atoms with Gasteiger partial charge in [-0.25, -0.2) is 0 Å². The molecule has 1 rings (SSSR count). The lowest BCUT2D eigenvalue weighted by atomic mass is 9.64. The lowest BCUT2D eigenvalue weighted by molar-refractivity contribution is 0.0147. The van der Waals surface area contributed by atoms with Crippen LogP contribution in [-0.4, -0.2) is 11.2 Å². The molecule has 0 aliphatic heterocycles. The summed E-state index contributed by atoms with van der Waals surface area (Å²) >= 11 is 0. The van der Waals surface area contributed by atoms with E-state index in [0.29, 0.717) is 6.42 Å². The molecule has 0 amide bonds. The number of aliphatic hydroxyl groups excluding tert-OH is 1. The number of nitriles is 1. The maximum Gasteiger partial charge on any atom is 0.0688 e. The molecule has 0 radical (unpaired) electrons. The van der Waals surface area contributed by atoms with Crippen LogP contribution >= 0.6 is 0 Å². The van der Waals surface area contributed by atoms with Gasteiger partial charge in [-0.05, 0) is 31.6 Å². The first-order chi connectivity index (χ1) is 6.37. The van der Waals surface area contributed by atoms with Gasteiger partial charge >= 0.3 is 0 Å². The van der Waals surface area contributed by atoms with Crippen molar-refractivity contribution in [2.45, 2.75) is 60.0 Å². The number of hydrogen-bond donors (Lipinski definition) is 1. The summed E-state index contributed by atoms with van der Waals surface area (Å²) in [7, 11) is 0. The van der Waals surface area contributed by atoms with Gasteiger partial charge in [0.25, 0.3) is 0 Å². The minimum absolute atomic E-state index is 0.113. The molecule has 2 nitrogen and oxygen atoms in total. The van der Waals surface area contributed by atoms with Crippen LogP contribution in [0.15, 0.2) is 0 Å². The van der Waals surface area contributed by atoms with E-state index in [9.17, 15) is 5.11 Å². The molecule has 0 bridgehead atoms. The summed E-state index contributed by atoms with van der Waals surface area (Å²) < 4.78 is 0. The fourth-order valence-electron chi connectivity index (χ4n) is 2.52. The Kier molecular flexibility index (Phi) is 4.61. The number of hydrogen-bond acceptors (Lipinski definition) is 2. The van der Waals surface area contributed by atoms with Gasteiger partial charge in [0.2, 0.25) is 0 Å². The fourth-order valence-corrected chi connectivity index (χ4v) is 2.52. The van der Waals surface area contributed by atoms with Crippen LogP contribution in [0.5, 0.6) is 0 Å². The number of rotatable bonds is 0. The van der Waals surface area contributed by atoms with Crippen LogP contribution in [-0.2, 0) is 0 Å². The van der Waals surface area contributed by atoms with E-state index in [0.717, 1.165) is 12.8 Å². The van der Waals surface area contributed by atoms with Crippen molar-refractivity contribution in [3.63, 3.8) is 0 Å². The highest BCUT2D eigenvalue weighted by Crippen LogP contribution is 2.45. The molecule has 2 unspecified atom stereocenters. The van der Waals surface area contributed by atoms with E-state index in [1.54, 1.807) is 0 Å². The van der Waals surface area contributed by atoms with Crippen LogP contribution in [0.1, 0.15) is 53.9 Å². The van der Waals surface area contributed by atoms with Gasteiger partial charge in [0.05, 0.1) is 17.6 Å². The van der Waals surface area contributed by atoms with Gasteiger partial charge in [-0.3, -0.25) is 0 Å². The van der Waals surface area contributed by atoms with Gasteiger partial charge < -0.3 is 5.11 Å². The molecule has 0 aromatic rings. The normalized spacial score (nSPS) is 35.1. The van der Waals surface area contributed by atoms with Gasteiger partial charge in [0.1, 0.15) is 0 Å². The molecule has 1 N–H and O–H groups in total. The number of nitrogens with zero attached hydrogens (tertiary/aromatic N) is 1. The summed E-state index contributed by atoms with van der Waals surface area (Å²) in [5, 5.41) is 18.5. The Labute approximate surface area is 87.9 Å². The van der Waals surface area contributed by atoms with E-state index in [1.807, 2.05) is 20.8 Å². The van der Waals surface area contributed by atoms with Crippen molar-refractivity contribution < 1.29 is 5.11 Å². The van der Waals surface area contributed by atoms with Crippen LogP contribution in [0.25, 0.3) is 0 Å². The van der Waals surface area contributed by atoms with Crippen molar-refractivity contribution in [3.05, 3.63) is 0 Å². The maximum absolute atomic E-state index is 9.56. The van der Waals surface area contributed by atoms with E-state index < -0.39 is 0 Å². The topological polar surface area (TPSA) is 44.0 Å². The monoisotopic (exact) mass is 197 g/mol. The molecular weight excluding hydrogens is 174 g/mol. The summed E-state index contributed by atoms with van der Waals surface area (Å²) in [6.07, 6.45) is 2.06. The van der Waals surface area contributed by atoms with E-state index >= 15 is 0 Å². The second-order valence-electron chi connectivity index (χ2n) is 5.08. The lowest BCUT2D eigenvalue weighted by Crippen LogP contribution is -2.37. The highest BCUT2D eigenvalue weighted by atomic mass is 16.3. The summed E-state index contributed by atoms with van der Waals surface area (Å²) in [5.74, 6) is 0. The average Bonchev–Trinajstić information content (AvgIpc) is 2.04. The van der Waals surface area contributed by atoms with E-state index in [2.05, 4.69) is 19.9 Å². The maximum atomic E-state index is 9.56. The van der Waals surface area contributed by atoms with Crippen LogP contribution in [0, 0.1) is 22.2 Å². The molecule has 1 fully saturated rings. The zero-order valence-corrected chi connectivity index (χ0v) is 10.1. The summed E-state index contributed by atoms with van der Waals surface area (Å²) in [6.45, 7) is 10.2. The molecule has 2 heteroatoms. The molecule has 82 valence electrons. The fraction of sp³-hybridized carbons (Fsp3) is 0.917. The second-order valence-corrected chi connectivity index (χ2v) is 5.08. The highest BCUT2D eigenvalue weighted by Gasteiger charge is 2.40. The molecule has 14 heavy (non-hydrogen) atoms. The molecule has 1 saturated carbocycles. The summed E-state index contributed by atoms with van der Waals surface area (Å²) in [6, 6.07) is 2.31. The smallest absolute Gasteiger partial charge is 0.0688 e. The van der Waals surface area contributed by atoms with Crippen molar-refractivity contribution in [3.8, 4) is 6.07 Å². The molecule has 0 spiro atoms. The zero-order valence-electron chi connectivity index (χ0n) is 10.1. The van der Waals surface area contributed by atoms with Gasteiger partial charge in [0, 0.05) is 0 Å². The molecule has 2 atom stereocenters. The standard InChI is InChI=1S/C10H17NO.C2H6/c1-9(2)4-8(12)5-10(3,6-9)7-11;1-2/h8,12H,4-6H2,1-3H3;1-2H3. The van der Waals surface area contributed by atoms with Crippen LogP contribution in [0.3, 0.4) is 0 Å². The first-order valence-corrected chi connectivity index (χ1v) is 5.46. The molecule has 1 aliphatic carbocycles. The van der Waals surface area contributed by atoms with Gasteiger partial charge in [-0.15, -0.1) is 0 Å². The SMILES string of the molecule is CC.CC1(C)CC(O)CC(C)(C#N)C1. The van der Waals surface area contributed by atoms with Gasteiger partial charge in [-0.1, -0.05) is 27.7 Å². The molecular formula is C12H23NO. The van der Waals surface area contributed by atoms with Gasteiger partial charge in [0.15, 0.2) is 0 Å². The molecule has 0 saturated heterocycles. The second kappa shape index (κ2) is 4.79. The largest absolute Gasteiger partial charge is 0.393 e. The van der Waals surface area contributed by atoms with E-state index in [-0.39, 0.29) is 16.9 Å². The third-order valence-electron chi connectivity index (χ3n) is 2.61. The Morgan fingerprint density at radius 3 is 2.07 bits per heavy atom. The first kappa shape index (κ1) is 13.4. The van der Waals surface area contributed by atoms with Crippen LogP contribution in [0.4, 0.5) is 0 Å². The lowest BCUT2D eigenvalue weighted by Gasteiger charge is -2.41. The van der Waals surface area contributed by atoms with Crippen molar-refractivity contribution >= 4 is 0 Å². The third-order valence-corrected chi connectivity index (χ3v) is 2.61. The zero-order chi connectivity index (χ0) is 11.4. The van der Waals surface area contributed by atoms with Crippen molar-refractivity contribution in [1.82, 2.24) is 0 Å². The molecule has 1 aliphatic rings. The highest BCUT2D eigenvalue weighted by molar-refractivity contribution is 5.03. The first-order valence-electron chi connectivity index (χ1n) is 5.46. The Morgan fingerprint density at radius 1 is 1.21 bits per heavy atom. The van der Waals surface area contributed by atoms with E-state index in [4.69, 9.17) is 5.26 Å². The van der Waals surface area contributed by atoms with Crippen molar-refractivity contribution in [1.29, 1.82) is 5.26 Å². The predicted octanol–water partition coefficient (Wildman–Crippen LogP) is 3.11.